The van der Waals surface area contributed by atoms with Crippen LogP contribution in [-0.4, -0.2) is 4.57 Å². The highest BCUT2D eigenvalue weighted by atomic mass is 19.1. The Morgan fingerprint density at radius 1 is 0.964 bits per heavy atom. The number of hydrogen-bond acceptors (Lipinski definition) is 1. The van der Waals surface area contributed by atoms with Crippen LogP contribution >= 0.6 is 0 Å². The minimum absolute atomic E-state index is 0.256. The van der Waals surface area contributed by atoms with E-state index in [1.165, 1.54) is 6.07 Å². The summed E-state index contributed by atoms with van der Waals surface area (Å²) in [6.07, 6.45) is 5.67. The van der Waals surface area contributed by atoms with Crippen LogP contribution in [0.4, 0.5) is 4.39 Å². The molecule has 0 saturated heterocycles. The number of furan rings is 1. The van der Waals surface area contributed by atoms with Gasteiger partial charge in [0.25, 0.3) is 0 Å². The van der Waals surface area contributed by atoms with Crippen LogP contribution in [0.1, 0.15) is 11.3 Å². The lowest BCUT2D eigenvalue weighted by molar-refractivity contribution is 0.580. The van der Waals surface area contributed by atoms with E-state index in [0.717, 1.165) is 49.8 Å². The Morgan fingerprint density at radius 3 is 2.54 bits per heavy atom. The molecule has 2 nitrogen and oxygen atoms in total. The van der Waals surface area contributed by atoms with E-state index in [-0.39, 0.29) is 5.82 Å². The van der Waals surface area contributed by atoms with Crippen LogP contribution < -0.4 is 0 Å². The van der Waals surface area contributed by atoms with Crippen molar-refractivity contribution in [3.8, 4) is 5.69 Å². The van der Waals surface area contributed by atoms with Crippen LogP contribution in [0.5, 0.6) is 0 Å². The largest absolute Gasteiger partial charge is 0.460 e. The molecule has 0 spiro atoms. The first kappa shape index (κ1) is 16.6. The van der Waals surface area contributed by atoms with Gasteiger partial charge in [-0.3, -0.25) is 0 Å². The first-order valence-corrected chi connectivity index (χ1v) is 9.19. The Labute approximate surface area is 161 Å². The number of nitrogens with zero attached hydrogens (tertiary/aromatic N) is 1. The van der Waals surface area contributed by atoms with Gasteiger partial charge in [0.05, 0.1) is 16.4 Å². The molecule has 3 heteroatoms. The number of aryl methyl sites for hydroxylation is 1. The molecule has 136 valence electrons. The molecule has 0 atom stereocenters. The van der Waals surface area contributed by atoms with Gasteiger partial charge in [-0.1, -0.05) is 43.0 Å². The van der Waals surface area contributed by atoms with Crippen LogP contribution in [0.3, 0.4) is 0 Å². The summed E-state index contributed by atoms with van der Waals surface area (Å²) in [7, 11) is 0. The summed E-state index contributed by atoms with van der Waals surface area (Å²) in [4.78, 5) is 0. The van der Waals surface area contributed by atoms with Crippen molar-refractivity contribution in [3.63, 3.8) is 0 Å². The summed E-state index contributed by atoms with van der Waals surface area (Å²) < 4.78 is 22.4. The standard InChI is InChI=1S/C25H18FNO/c1-3-4-10-19-16(2)28-25-20(19)13-14-22-24(25)21-12-11-17(26)15-23(21)27(22)18-8-6-5-7-9-18/h3-15H,1H2,2H3/b10-4-. The van der Waals surface area contributed by atoms with Crippen LogP contribution in [0.25, 0.3) is 44.5 Å². The van der Waals surface area contributed by atoms with Gasteiger partial charge in [-0.2, -0.15) is 0 Å². The van der Waals surface area contributed by atoms with E-state index in [4.69, 9.17) is 4.42 Å². The van der Waals surface area contributed by atoms with E-state index in [1.54, 1.807) is 12.1 Å². The summed E-state index contributed by atoms with van der Waals surface area (Å²) in [6, 6.07) is 19.1. The summed E-state index contributed by atoms with van der Waals surface area (Å²) in [5.74, 6) is 0.595. The Hall–Kier alpha value is -3.59. The minimum Gasteiger partial charge on any atom is -0.460 e. The third kappa shape index (κ3) is 2.33. The molecule has 0 N–H and O–H groups in total. The van der Waals surface area contributed by atoms with E-state index < -0.39 is 0 Å². The van der Waals surface area contributed by atoms with Crippen LogP contribution in [0, 0.1) is 12.7 Å². The highest BCUT2D eigenvalue weighted by Crippen LogP contribution is 2.40. The SMILES string of the molecule is C=C/C=C\c1c(C)oc2c1ccc1c2c2ccc(F)cc2n1-c1ccccc1. The number of para-hydroxylation sites is 1. The molecular weight excluding hydrogens is 349 g/mol. The molecule has 0 aliphatic heterocycles. The fraction of sp³-hybridized carbons (Fsp3) is 0.0400. The predicted octanol–water partition coefficient (Wildman–Crippen LogP) is 7.18. The molecule has 0 unspecified atom stereocenters. The summed E-state index contributed by atoms with van der Waals surface area (Å²) in [5, 5.41) is 3.01. The molecule has 0 radical (unpaired) electrons. The van der Waals surface area contributed by atoms with Gasteiger partial charge in [-0.15, -0.1) is 0 Å². The van der Waals surface area contributed by atoms with E-state index >= 15 is 0 Å². The van der Waals surface area contributed by atoms with Crippen molar-refractivity contribution < 1.29 is 8.81 Å². The number of rotatable bonds is 3. The first-order valence-electron chi connectivity index (χ1n) is 9.19. The number of hydrogen-bond donors (Lipinski definition) is 0. The smallest absolute Gasteiger partial charge is 0.144 e. The highest BCUT2D eigenvalue weighted by molar-refractivity contribution is 6.20. The van der Waals surface area contributed by atoms with E-state index in [0.29, 0.717) is 0 Å². The van der Waals surface area contributed by atoms with Gasteiger partial charge in [0.2, 0.25) is 0 Å². The Bertz CT molecular complexity index is 1390. The maximum atomic E-state index is 14.1. The zero-order chi connectivity index (χ0) is 19.3. The molecule has 5 rings (SSSR count). The van der Waals surface area contributed by atoms with Gasteiger partial charge >= 0.3 is 0 Å². The summed E-state index contributed by atoms with van der Waals surface area (Å²) in [5.41, 5.74) is 4.67. The van der Waals surface area contributed by atoms with Crippen molar-refractivity contribution >= 4 is 38.9 Å². The second-order valence-corrected chi connectivity index (χ2v) is 6.84. The van der Waals surface area contributed by atoms with Gasteiger partial charge < -0.3 is 8.98 Å². The van der Waals surface area contributed by atoms with Crippen molar-refractivity contribution in [2.24, 2.45) is 0 Å². The van der Waals surface area contributed by atoms with Crippen molar-refractivity contribution in [2.45, 2.75) is 6.92 Å². The van der Waals surface area contributed by atoms with E-state index in [1.807, 2.05) is 55.5 Å². The van der Waals surface area contributed by atoms with E-state index in [9.17, 15) is 4.39 Å². The van der Waals surface area contributed by atoms with Gasteiger partial charge in [0.15, 0.2) is 0 Å². The minimum atomic E-state index is -0.256. The molecule has 2 aromatic heterocycles. The lowest BCUT2D eigenvalue weighted by Crippen LogP contribution is -1.93. The third-order valence-corrected chi connectivity index (χ3v) is 5.18. The normalized spacial score (nSPS) is 11.9. The maximum absolute atomic E-state index is 14.1. The van der Waals surface area contributed by atoms with E-state index in [2.05, 4.69) is 23.3 Å². The molecule has 2 heterocycles. The van der Waals surface area contributed by atoms with Crippen LogP contribution in [-0.2, 0) is 0 Å². The number of fused-ring (bicyclic) bond motifs is 5. The quantitative estimate of drug-likeness (QED) is 0.309. The second-order valence-electron chi connectivity index (χ2n) is 6.84. The topological polar surface area (TPSA) is 18.1 Å². The Morgan fingerprint density at radius 2 is 1.75 bits per heavy atom. The van der Waals surface area contributed by atoms with Gasteiger partial charge in [-0.25, -0.2) is 4.39 Å². The summed E-state index contributed by atoms with van der Waals surface area (Å²) >= 11 is 0. The number of aromatic nitrogens is 1. The monoisotopic (exact) mass is 367 g/mol. The molecule has 0 aliphatic carbocycles. The Balaban J connectivity index is 1.98. The number of benzene rings is 3. The number of allylic oxidation sites excluding steroid dienone is 2. The van der Waals surface area contributed by atoms with Crippen LogP contribution in [0.2, 0.25) is 0 Å². The zero-order valence-corrected chi connectivity index (χ0v) is 15.4. The van der Waals surface area contributed by atoms with Crippen molar-refractivity contribution in [3.05, 3.63) is 96.5 Å². The average Bonchev–Trinajstić information content (AvgIpc) is 3.20. The molecule has 0 fully saturated rings. The average molecular weight is 367 g/mol. The molecule has 0 saturated carbocycles. The molecule has 0 aliphatic rings. The van der Waals surface area contributed by atoms with Gasteiger partial charge in [-0.05, 0) is 49.4 Å². The van der Waals surface area contributed by atoms with Crippen molar-refractivity contribution in [1.82, 2.24) is 4.57 Å². The fourth-order valence-electron chi connectivity index (χ4n) is 3.99. The van der Waals surface area contributed by atoms with Crippen molar-refractivity contribution in [2.75, 3.05) is 0 Å². The maximum Gasteiger partial charge on any atom is 0.144 e. The molecule has 5 aromatic rings. The lowest BCUT2D eigenvalue weighted by Gasteiger charge is -2.07. The molecule has 0 amide bonds. The lowest BCUT2D eigenvalue weighted by atomic mass is 10.1. The molecular formula is C25H18FNO. The van der Waals surface area contributed by atoms with Gasteiger partial charge in [0.1, 0.15) is 17.2 Å². The fourth-order valence-corrected chi connectivity index (χ4v) is 3.99. The summed E-state index contributed by atoms with van der Waals surface area (Å²) in [6.45, 7) is 5.71. The predicted molar refractivity (Wildman–Crippen MR) is 114 cm³/mol. The van der Waals surface area contributed by atoms with Crippen LogP contribution in [0.15, 0.2) is 83.8 Å². The first-order chi connectivity index (χ1) is 13.7. The third-order valence-electron chi connectivity index (χ3n) is 5.18. The molecule has 0 bridgehead atoms. The van der Waals surface area contributed by atoms with Crippen molar-refractivity contribution in [1.29, 1.82) is 0 Å². The zero-order valence-electron chi connectivity index (χ0n) is 15.4. The molecule has 28 heavy (non-hydrogen) atoms. The second kappa shape index (κ2) is 6.24. The van der Waals surface area contributed by atoms with Gasteiger partial charge in [0, 0.05) is 22.0 Å². The Kier molecular flexibility index (Phi) is 3.69. The number of halogens is 1. The highest BCUT2D eigenvalue weighted by Gasteiger charge is 2.19. The molecule has 3 aromatic carbocycles.